The van der Waals surface area contributed by atoms with Gasteiger partial charge < -0.3 is 20.5 Å². The Labute approximate surface area is 139 Å². The number of nitrogens with two attached hydrogens (primary N) is 1. The topological polar surface area (TPSA) is 92.9 Å². The molecule has 24 heavy (non-hydrogen) atoms. The number of carboxylic acids is 1. The first-order valence-electron chi connectivity index (χ1n) is 7.79. The van der Waals surface area contributed by atoms with E-state index >= 15 is 0 Å². The molecule has 0 aromatic carbocycles. The molecule has 2 rings (SSSR count). The maximum absolute atomic E-state index is 11.9. The monoisotopic (exact) mass is 354 g/mol. The number of carbonyl (C=O) groups is 2. The zero-order valence-corrected chi connectivity index (χ0v) is 14.2. The van der Waals surface area contributed by atoms with Gasteiger partial charge in [0.25, 0.3) is 0 Å². The summed E-state index contributed by atoms with van der Waals surface area (Å²) in [5.74, 6) is -2.06. The minimum Gasteiger partial charge on any atom is -0.475 e. The third-order valence-electron chi connectivity index (χ3n) is 4.30. The van der Waals surface area contributed by atoms with Gasteiger partial charge in [0.2, 0.25) is 0 Å². The van der Waals surface area contributed by atoms with E-state index in [1.807, 2.05) is 25.7 Å². The predicted molar refractivity (Wildman–Crippen MR) is 80.3 cm³/mol. The smallest absolute Gasteiger partial charge is 0.475 e. The van der Waals surface area contributed by atoms with E-state index in [1.165, 1.54) is 6.42 Å². The Morgan fingerprint density at radius 3 is 2.00 bits per heavy atom. The summed E-state index contributed by atoms with van der Waals surface area (Å²) in [4.78, 5) is 22.6. The summed E-state index contributed by atoms with van der Waals surface area (Å²) in [6.45, 7) is 8.16. The minimum atomic E-state index is -5.08. The van der Waals surface area contributed by atoms with Crippen molar-refractivity contribution in [1.82, 2.24) is 4.90 Å². The molecule has 0 bridgehead atoms. The van der Waals surface area contributed by atoms with Crippen molar-refractivity contribution in [3.63, 3.8) is 0 Å². The van der Waals surface area contributed by atoms with Crippen LogP contribution in [0.5, 0.6) is 0 Å². The third kappa shape index (κ3) is 5.85. The molecule has 1 aliphatic heterocycles. The van der Waals surface area contributed by atoms with Gasteiger partial charge in [0.15, 0.2) is 0 Å². The Balaban J connectivity index is 0.000000351. The van der Waals surface area contributed by atoms with Crippen molar-refractivity contribution >= 4 is 12.1 Å². The molecule has 1 saturated carbocycles. The molecule has 3 N–H and O–H groups in total. The van der Waals surface area contributed by atoms with Gasteiger partial charge in [-0.05, 0) is 57.9 Å². The minimum absolute atomic E-state index is 0.169. The molecule has 1 amide bonds. The van der Waals surface area contributed by atoms with Gasteiger partial charge in [-0.15, -0.1) is 0 Å². The maximum atomic E-state index is 11.9. The highest BCUT2D eigenvalue weighted by Gasteiger charge is 2.54. The molecule has 9 heteroatoms. The molecule has 1 atom stereocenters. The molecule has 140 valence electrons. The standard InChI is InChI=1S/C13H24N2O2.C2HF3O2/c1-12(2,3)17-11(16)15-6-4-13(5-7-15)8-10(13)9-14;3-2(4,5)1(6)7/h10H,4-9,14H2,1-3H3;(H,6,7). The zero-order valence-electron chi connectivity index (χ0n) is 14.2. The van der Waals surface area contributed by atoms with Crippen molar-refractivity contribution in [1.29, 1.82) is 0 Å². The maximum Gasteiger partial charge on any atom is 0.490 e. The summed E-state index contributed by atoms with van der Waals surface area (Å²) in [5, 5.41) is 7.12. The highest BCUT2D eigenvalue weighted by atomic mass is 19.4. The lowest BCUT2D eigenvalue weighted by atomic mass is 9.91. The van der Waals surface area contributed by atoms with E-state index < -0.39 is 17.7 Å². The SMILES string of the molecule is CC(C)(C)OC(=O)N1CCC2(CC1)CC2CN.O=C(O)C(F)(F)F. The largest absolute Gasteiger partial charge is 0.490 e. The number of nitrogens with zero attached hydrogens (tertiary/aromatic N) is 1. The summed E-state index contributed by atoms with van der Waals surface area (Å²) in [6, 6.07) is 0. The van der Waals surface area contributed by atoms with Crippen LogP contribution in [0.3, 0.4) is 0 Å². The first-order valence-corrected chi connectivity index (χ1v) is 7.79. The molecule has 1 heterocycles. The first-order chi connectivity index (χ1) is 10.8. The van der Waals surface area contributed by atoms with E-state index in [1.54, 1.807) is 0 Å². The third-order valence-corrected chi connectivity index (χ3v) is 4.30. The number of aliphatic carboxylic acids is 1. The molecule has 6 nitrogen and oxygen atoms in total. The van der Waals surface area contributed by atoms with Crippen molar-refractivity contribution < 1.29 is 32.6 Å². The quantitative estimate of drug-likeness (QED) is 0.755. The van der Waals surface area contributed by atoms with Crippen molar-refractivity contribution in [2.45, 2.75) is 51.8 Å². The van der Waals surface area contributed by atoms with Crippen LogP contribution >= 0.6 is 0 Å². The fourth-order valence-electron chi connectivity index (χ4n) is 2.84. The number of carbonyl (C=O) groups excluding carboxylic acids is 1. The van der Waals surface area contributed by atoms with E-state index in [0.717, 1.165) is 32.5 Å². The normalized spacial score (nSPS) is 22.5. The summed E-state index contributed by atoms with van der Waals surface area (Å²) in [7, 11) is 0. The van der Waals surface area contributed by atoms with Gasteiger partial charge in [0.1, 0.15) is 5.60 Å². The molecule has 2 fully saturated rings. The molecular formula is C15H25F3N2O4. The molecule has 0 radical (unpaired) electrons. The second-order valence-corrected chi connectivity index (χ2v) is 7.27. The molecule has 1 spiro atoms. The van der Waals surface area contributed by atoms with Gasteiger partial charge in [0.05, 0.1) is 0 Å². The van der Waals surface area contributed by atoms with Crippen LogP contribution in [-0.2, 0) is 9.53 Å². The Morgan fingerprint density at radius 2 is 1.71 bits per heavy atom. The molecule has 1 saturated heterocycles. The van der Waals surface area contributed by atoms with E-state index in [9.17, 15) is 18.0 Å². The first kappa shape index (κ1) is 20.5. The van der Waals surface area contributed by atoms with Gasteiger partial charge in [0, 0.05) is 13.1 Å². The van der Waals surface area contributed by atoms with Crippen LogP contribution in [0.15, 0.2) is 0 Å². The molecule has 1 aliphatic carbocycles. The average Bonchev–Trinajstić information content (AvgIpc) is 3.10. The van der Waals surface area contributed by atoms with Gasteiger partial charge >= 0.3 is 18.2 Å². The number of rotatable bonds is 1. The summed E-state index contributed by atoms with van der Waals surface area (Å²) >= 11 is 0. The predicted octanol–water partition coefficient (Wildman–Crippen LogP) is 2.62. The molecule has 1 unspecified atom stereocenters. The number of carboxylic acid groups (broad SMARTS) is 1. The Hall–Kier alpha value is -1.51. The number of likely N-dealkylation sites (tertiary alicyclic amines) is 1. The van der Waals surface area contributed by atoms with Crippen molar-refractivity contribution in [2.24, 2.45) is 17.1 Å². The second kappa shape index (κ2) is 7.16. The fraction of sp³-hybridized carbons (Fsp3) is 0.867. The number of alkyl halides is 3. The van der Waals surface area contributed by atoms with E-state index in [4.69, 9.17) is 20.4 Å². The number of halogens is 3. The van der Waals surface area contributed by atoms with Crippen molar-refractivity contribution in [2.75, 3.05) is 19.6 Å². The van der Waals surface area contributed by atoms with Gasteiger partial charge in [-0.3, -0.25) is 0 Å². The number of piperidine rings is 1. The molecule has 0 aromatic heterocycles. The number of ether oxygens (including phenoxy) is 1. The molecule has 2 aliphatic rings. The van der Waals surface area contributed by atoms with Crippen LogP contribution in [0.25, 0.3) is 0 Å². The summed E-state index contributed by atoms with van der Waals surface area (Å²) in [5.41, 5.74) is 5.78. The fourth-order valence-corrected chi connectivity index (χ4v) is 2.84. The van der Waals surface area contributed by atoms with Crippen LogP contribution in [0.1, 0.15) is 40.0 Å². The zero-order chi connectivity index (χ0) is 18.8. The molecular weight excluding hydrogens is 329 g/mol. The number of hydrogen-bond acceptors (Lipinski definition) is 4. The van der Waals surface area contributed by atoms with Crippen LogP contribution in [0.4, 0.5) is 18.0 Å². The van der Waals surface area contributed by atoms with E-state index in [-0.39, 0.29) is 6.09 Å². The highest BCUT2D eigenvalue weighted by Crippen LogP contribution is 2.58. The number of amides is 1. The summed E-state index contributed by atoms with van der Waals surface area (Å²) < 4.78 is 37.1. The van der Waals surface area contributed by atoms with Crippen LogP contribution in [0.2, 0.25) is 0 Å². The highest BCUT2D eigenvalue weighted by molar-refractivity contribution is 5.73. The van der Waals surface area contributed by atoms with Gasteiger partial charge in [-0.1, -0.05) is 0 Å². The summed E-state index contributed by atoms with van der Waals surface area (Å²) in [6.07, 6.45) is -1.81. The lowest BCUT2D eigenvalue weighted by molar-refractivity contribution is -0.192. The lowest BCUT2D eigenvalue weighted by Crippen LogP contribution is -2.42. The van der Waals surface area contributed by atoms with E-state index in [0.29, 0.717) is 11.3 Å². The van der Waals surface area contributed by atoms with Gasteiger partial charge in [-0.2, -0.15) is 13.2 Å². The van der Waals surface area contributed by atoms with Crippen molar-refractivity contribution in [3.05, 3.63) is 0 Å². The van der Waals surface area contributed by atoms with Crippen LogP contribution < -0.4 is 5.73 Å². The lowest BCUT2D eigenvalue weighted by Gasteiger charge is -2.34. The average molecular weight is 354 g/mol. The Morgan fingerprint density at radius 1 is 1.25 bits per heavy atom. The van der Waals surface area contributed by atoms with Crippen LogP contribution in [0, 0.1) is 11.3 Å². The van der Waals surface area contributed by atoms with Crippen molar-refractivity contribution in [3.8, 4) is 0 Å². The second-order valence-electron chi connectivity index (χ2n) is 7.27. The number of hydrogen-bond donors (Lipinski definition) is 2. The Bertz CT molecular complexity index is 466. The molecule has 0 aromatic rings. The Kier molecular flexibility index (Phi) is 6.13. The van der Waals surface area contributed by atoms with E-state index in [2.05, 4.69) is 0 Å². The van der Waals surface area contributed by atoms with Crippen LogP contribution in [-0.4, -0.2) is 53.5 Å². The van der Waals surface area contributed by atoms with Gasteiger partial charge in [-0.25, -0.2) is 9.59 Å².